The molecule has 0 aromatic heterocycles. The summed E-state index contributed by atoms with van der Waals surface area (Å²) in [5.74, 6) is -0.579. The van der Waals surface area contributed by atoms with E-state index in [1.54, 1.807) is 6.07 Å². The average Bonchev–Trinajstić information content (AvgIpc) is 2.29. The van der Waals surface area contributed by atoms with Crippen LogP contribution in [0.2, 0.25) is 0 Å². The molecule has 0 aliphatic heterocycles. The molecular weight excluding hydrogens is 248 g/mol. The van der Waals surface area contributed by atoms with Crippen LogP contribution in [0, 0.1) is 17.1 Å². The molecule has 1 N–H and O–H groups in total. The summed E-state index contributed by atoms with van der Waals surface area (Å²) < 4.78 is 48.9. The maximum atomic E-state index is 13.3. The molecule has 0 saturated heterocycles. The van der Waals surface area contributed by atoms with Crippen LogP contribution >= 0.6 is 0 Å². The first-order valence-corrected chi connectivity index (χ1v) is 5.42. The van der Waals surface area contributed by atoms with Crippen molar-refractivity contribution in [2.45, 2.75) is 25.4 Å². The quantitative estimate of drug-likeness (QED) is 0.645. The van der Waals surface area contributed by atoms with Crippen LogP contribution in [0.25, 0.3) is 0 Å². The van der Waals surface area contributed by atoms with Crippen molar-refractivity contribution >= 4 is 5.69 Å². The zero-order chi connectivity index (χ0) is 13.6. The van der Waals surface area contributed by atoms with Crippen molar-refractivity contribution in [1.82, 2.24) is 0 Å². The lowest BCUT2D eigenvalue weighted by Crippen LogP contribution is -2.09. The third-order valence-electron chi connectivity index (χ3n) is 2.30. The van der Waals surface area contributed by atoms with E-state index in [1.807, 2.05) is 0 Å². The highest BCUT2D eigenvalue weighted by atomic mass is 19.4. The minimum atomic E-state index is -4.14. The van der Waals surface area contributed by atoms with Crippen molar-refractivity contribution in [1.29, 1.82) is 5.26 Å². The molecule has 1 aromatic rings. The second kappa shape index (κ2) is 6.24. The number of anilines is 1. The Morgan fingerprint density at radius 3 is 2.50 bits per heavy atom. The summed E-state index contributed by atoms with van der Waals surface area (Å²) in [6.07, 6.45) is -4.66. The van der Waals surface area contributed by atoms with Crippen LogP contribution < -0.4 is 5.32 Å². The van der Waals surface area contributed by atoms with Crippen LogP contribution in [0.4, 0.5) is 23.2 Å². The van der Waals surface area contributed by atoms with E-state index in [-0.39, 0.29) is 24.2 Å². The Morgan fingerprint density at radius 2 is 1.94 bits per heavy atom. The maximum Gasteiger partial charge on any atom is 0.389 e. The largest absolute Gasteiger partial charge is 0.389 e. The molecule has 0 aliphatic rings. The van der Waals surface area contributed by atoms with Gasteiger partial charge in [-0.2, -0.15) is 18.4 Å². The van der Waals surface area contributed by atoms with E-state index in [2.05, 4.69) is 5.32 Å². The van der Waals surface area contributed by atoms with E-state index in [0.717, 1.165) is 6.07 Å². The fourth-order valence-corrected chi connectivity index (χ4v) is 1.40. The van der Waals surface area contributed by atoms with Crippen LogP contribution in [0.3, 0.4) is 0 Å². The van der Waals surface area contributed by atoms with Gasteiger partial charge in [0.1, 0.15) is 5.82 Å². The summed E-state index contributed by atoms with van der Waals surface area (Å²) in [5, 5.41) is 11.2. The third-order valence-corrected chi connectivity index (χ3v) is 2.30. The Hall–Kier alpha value is -1.77. The predicted molar refractivity (Wildman–Crippen MR) is 59.5 cm³/mol. The van der Waals surface area contributed by atoms with Gasteiger partial charge >= 0.3 is 6.18 Å². The van der Waals surface area contributed by atoms with Crippen molar-refractivity contribution in [3.05, 3.63) is 29.6 Å². The molecule has 0 fully saturated rings. The highest BCUT2D eigenvalue weighted by molar-refractivity contribution is 5.48. The van der Waals surface area contributed by atoms with Crippen LogP contribution in [0.5, 0.6) is 0 Å². The molecular formula is C12H12F4N2. The van der Waals surface area contributed by atoms with Gasteiger partial charge in [-0.15, -0.1) is 0 Å². The van der Waals surface area contributed by atoms with Crippen molar-refractivity contribution in [2.24, 2.45) is 0 Å². The van der Waals surface area contributed by atoms with Gasteiger partial charge in [0.15, 0.2) is 0 Å². The van der Waals surface area contributed by atoms with Gasteiger partial charge in [0.2, 0.25) is 0 Å². The number of halogens is 4. The Balaban J connectivity index is 2.34. The molecule has 6 heteroatoms. The van der Waals surface area contributed by atoms with Gasteiger partial charge in [0, 0.05) is 13.0 Å². The molecule has 0 amide bonds. The number of hydrogen-bond acceptors (Lipinski definition) is 2. The number of unbranched alkanes of at least 4 members (excludes halogenated alkanes) is 1. The van der Waals surface area contributed by atoms with E-state index >= 15 is 0 Å². The molecule has 0 radical (unpaired) electrons. The second-order valence-electron chi connectivity index (χ2n) is 3.81. The molecule has 1 aromatic carbocycles. The minimum absolute atomic E-state index is 0.00833. The molecule has 0 heterocycles. The smallest absolute Gasteiger partial charge is 0.383 e. The summed E-state index contributed by atoms with van der Waals surface area (Å²) in [7, 11) is 0. The standard InChI is InChI=1S/C12H12F4N2/c13-10-7-9(8-17)3-4-11(10)18-6-2-1-5-12(14,15)16/h3-4,7,18H,1-2,5-6H2. The van der Waals surface area contributed by atoms with Gasteiger partial charge < -0.3 is 5.32 Å². The molecule has 0 atom stereocenters. The average molecular weight is 260 g/mol. The topological polar surface area (TPSA) is 35.8 Å². The monoisotopic (exact) mass is 260 g/mol. The maximum absolute atomic E-state index is 13.3. The van der Waals surface area contributed by atoms with Gasteiger partial charge in [-0.1, -0.05) is 0 Å². The highest BCUT2D eigenvalue weighted by Crippen LogP contribution is 2.22. The van der Waals surface area contributed by atoms with Gasteiger partial charge in [-0.25, -0.2) is 4.39 Å². The lowest BCUT2D eigenvalue weighted by Gasteiger charge is -2.08. The normalized spacial score (nSPS) is 11.1. The van der Waals surface area contributed by atoms with E-state index in [1.165, 1.54) is 12.1 Å². The van der Waals surface area contributed by atoms with Gasteiger partial charge in [-0.3, -0.25) is 0 Å². The Bertz CT molecular complexity index is 435. The number of nitriles is 1. The van der Waals surface area contributed by atoms with Crippen LogP contribution in [-0.4, -0.2) is 12.7 Å². The predicted octanol–water partition coefficient (Wildman–Crippen LogP) is 3.84. The molecule has 0 aliphatic carbocycles. The molecule has 0 spiro atoms. The second-order valence-corrected chi connectivity index (χ2v) is 3.81. The zero-order valence-corrected chi connectivity index (χ0v) is 9.52. The van der Waals surface area contributed by atoms with E-state index < -0.39 is 18.4 Å². The van der Waals surface area contributed by atoms with Crippen LogP contribution in [0.15, 0.2) is 18.2 Å². The first kappa shape index (κ1) is 14.3. The Kier molecular flexibility index (Phi) is 4.95. The summed E-state index contributed by atoms with van der Waals surface area (Å²) in [4.78, 5) is 0. The number of alkyl halides is 3. The fourth-order valence-electron chi connectivity index (χ4n) is 1.40. The van der Waals surface area contributed by atoms with Crippen molar-refractivity contribution in [3.8, 4) is 6.07 Å². The Labute approximate surface area is 102 Å². The lowest BCUT2D eigenvalue weighted by molar-refractivity contribution is -0.135. The van der Waals surface area contributed by atoms with Crippen LogP contribution in [-0.2, 0) is 0 Å². The van der Waals surface area contributed by atoms with E-state index in [0.29, 0.717) is 6.42 Å². The van der Waals surface area contributed by atoms with Gasteiger partial charge in [-0.05, 0) is 31.0 Å². The molecule has 0 unspecified atom stereocenters. The van der Waals surface area contributed by atoms with Crippen molar-refractivity contribution < 1.29 is 17.6 Å². The Morgan fingerprint density at radius 1 is 1.22 bits per heavy atom. The minimum Gasteiger partial charge on any atom is -0.383 e. The summed E-state index contributed by atoms with van der Waals surface area (Å²) in [5.41, 5.74) is 0.399. The van der Waals surface area contributed by atoms with Gasteiger partial charge in [0.25, 0.3) is 0 Å². The molecule has 1 rings (SSSR count). The van der Waals surface area contributed by atoms with Crippen molar-refractivity contribution in [3.63, 3.8) is 0 Å². The first-order chi connectivity index (χ1) is 8.42. The van der Waals surface area contributed by atoms with Gasteiger partial charge in [0.05, 0.1) is 17.3 Å². The van der Waals surface area contributed by atoms with E-state index in [4.69, 9.17) is 5.26 Å². The highest BCUT2D eigenvalue weighted by Gasteiger charge is 2.25. The molecule has 18 heavy (non-hydrogen) atoms. The molecule has 0 saturated carbocycles. The number of nitrogens with zero attached hydrogens (tertiary/aromatic N) is 1. The number of rotatable bonds is 5. The zero-order valence-electron chi connectivity index (χ0n) is 9.52. The summed E-state index contributed by atoms with van der Waals surface area (Å²) in [6, 6.07) is 5.72. The summed E-state index contributed by atoms with van der Waals surface area (Å²) in [6.45, 7) is 0.263. The van der Waals surface area contributed by atoms with E-state index in [9.17, 15) is 17.6 Å². The lowest BCUT2D eigenvalue weighted by atomic mass is 10.2. The SMILES string of the molecule is N#Cc1ccc(NCCCCC(F)(F)F)c(F)c1. The fraction of sp³-hybridized carbons (Fsp3) is 0.417. The number of nitrogens with one attached hydrogen (secondary N) is 1. The molecule has 0 bridgehead atoms. The molecule has 98 valence electrons. The number of benzene rings is 1. The first-order valence-electron chi connectivity index (χ1n) is 5.42. The summed E-state index contributed by atoms with van der Waals surface area (Å²) >= 11 is 0. The van der Waals surface area contributed by atoms with Crippen LogP contribution in [0.1, 0.15) is 24.8 Å². The number of hydrogen-bond donors (Lipinski definition) is 1. The van der Waals surface area contributed by atoms with Crippen molar-refractivity contribution in [2.75, 3.05) is 11.9 Å². The molecule has 2 nitrogen and oxygen atoms in total. The third kappa shape index (κ3) is 5.04.